The van der Waals surface area contributed by atoms with E-state index in [1.54, 1.807) is 6.07 Å². The summed E-state index contributed by atoms with van der Waals surface area (Å²) in [5.41, 5.74) is 7.27. The molecule has 0 unspecified atom stereocenters. The molecular weight excluding hydrogens is 333 g/mol. The van der Waals surface area contributed by atoms with Gasteiger partial charge in [0, 0.05) is 22.4 Å². The Morgan fingerprint density at radius 2 is 1.86 bits per heavy atom. The summed E-state index contributed by atoms with van der Waals surface area (Å²) in [4.78, 5) is 11.8. The Labute approximate surface area is 131 Å². The number of aryl methyl sites for hydroxylation is 1. The second-order valence-electron chi connectivity index (χ2n) is 4.51. The SMILES string of the molecule is Cc1cscc1-c1cc(N)nc(-c2nc(C(F)(F)F)cs2)n1. The minimum atomic E-state index is -4.48. The third-order valence-corrected chi connectivity index (χ3v) is 4.56. The van der Waals surface area contributed by atoms with Crippen molar-refractivity contribution in [2.45, 2.75) is 13.1 Å². The van der Waals surface area contributed by atoms with E-state index < -0.39 is 11.9 Å². The first-order valence-electron chi connectivity index (χ1n) is 6.05. The number of nitrogen functional groups attached to an aromatic ring is 1. The summed E-state index contributed by atoms with van der Waals surface area (Å²) in [6, 6.07) is 1.59. The van der Waals surface area contributed by atoms with Gasteiger partial charge in [-0.1, -0.05) is 0 Å². The Morgan fingerprint density at radius 3 is 2.45 bits per heavy atom. The van der Waals surface area contributed by atoms with Crippen LogP contribution in [0, 0.1) is 6.92 Å². The van der Waals surface area contributed by atoms with Gasteiger partial charge in [0.05, 0.1) is 5.69 Å². The smallest absolute Gasteiger partial charge is 0.384 e. The lowest BCUT2D eigenvalue weighted by Crippen LogP contribution is -2.05. The summed E-state index contributed by atoms with van der Waals surface area (Å²) in [6.07, 6.45) is -4.48. The molecule has 0 aliphatic heterocycles. The quantitative estimate of drug-likeness (QED) is 0.756. The van der Waals surface area contributed by atoms with Gasteiger partial charge in [-0.05, 0) is 17.9 Å². The van der Waals surface area contributed by atoms with Gasteiger partial charge in [0.2, 0.25) is 0 Å². The Hall–Kier alpha value is -2.00. The average Bonchev–Trinajstić information content (AvgIpc) is 3.05. The first-order chi connectivity index (χ1) is 10.3. The number of halogens is 3. The highest BCUT2D eigenvalue weighted by atomic mass is 32.1. The molecule has 3 rings (SSSR count). The number of nitrogens with two attached hydrogens (primary N) is 1. The Balaban J connectivity index is 2.07. The molecule has 0 aliphatic rings. The molecule has 0 spiro atoms. The van der Waals surface area contributed by atoms with E-state index in [4.69, 9.17) is 5.73 Å². The molecule has 3 aromatic heterocycles. The maximum Gasteiger partial charge on any atom is 0.434 e. The van der Waals surface area contributed by atoms with E-state index >= 15 is 0 Å². The van der Waals surface area contributed by atoms with Crippen LogP contribution in [0.4, 0.5) is 19.0 Å². The normalized spacial score (nSPS) is 11.8. The van der Waals surface area contributed by atoms with Gasteiger partial charge in [-0.3, -0.25) is 0 Å². The van der Waals surface area contributed by atoms with Crippen molar-refractivity contribution in [3.8, 4) is 22.1 Å². The predicted molar refractivity (Wildman–Crippen MR) is 80.6 cm³/mol. The predicted octanol–water partition coefficient (Wildman–Crippen LogP) is 4.24. The molecule has 3 heterocycles. The standard InChI is InChI=1S/C13H9F3N4S2/c1-6-3-21-4-7(6)8-2-10(17)20-11(18-8)12-19-9(5-22-12)13(14,15)16/h2-5H,1H3,(H2,17,18,20). The highest BCUT2D eigenvalue weighted by Gasteiger charge is 2.34. The minimum Gasteiger partial charge on any atom is -0.384 e. The molecule has 114 valence electrons. The molecule has 0 fully saturated rings. The number of thiophene rings is 1. The van der Waals surface area contributed by atoms with Crippen LogP contribution in [0.5, 0.6) is 0 Å². The van der Waals surface area contributed by atoms with Crippen molar-refractivity contribution < 1.29 is 13.2 Å². The summed E-state index contributed by atoms with van der Waals surface area (Å²) in [5.74, 6) is 0.287. The van der Waals surface area contributed by atoms with Crippen LogP contribution in [0.3, 0.4) is 0 Å². The number of hydrogen-bond acceptors (Lipinski definition) is 6. The largest absolute Gasteiger partial charge is 0.434 e. The van der Waals surface area contributed by atoms with E-state index in [-0.39, 0.29) is 16.6 Å². The van der Waals surface area contributed by atoms with E-state index in [0.29, 0.717) is 5.69 Å². The van der Waals surface area contributed by atoms with Crippen LogP contribution in [0.15, 0.2) is 22.2 Å². The number of rotatable bonds is 2. The maximum atomic E-state index is 12.6. The topological polar surface area (TPSA) is 64.7 Å². The second kappa shape index (κ2) is 5.33. The van der Waals surface area contributed by atoms with E-state index in [1.807, 2.05) is 17.7 Å². The third kappa shape index (κ3) is 2.81. The Kier molecular flexibility index (Phi) is 3.61. The van der Waals surface area contributed by atoms with Gasteiger partial charge in [-0.2, -0.15) is 24.5 Å². The molecule has 0 aromatic carbocycles. The van der Waals surface area contributed by atoms with Crippen LogP contribution < -0.4 is 5.73 Å². The number of nitrogens with zero attached hydrogens (tertiary/aromatic N) is 3. The van der Waals surface area contributed by atoms with Gasteiger partial charge < -0.3 is 5.73 Å². The molecule has 0 atom stereocenters. The fourth-order valence-corrected chi connectivity index (χ4v) is 3.43. The Bertz CT molecular complexity index is 823. The maximum absolute atomic E-state index is 12.6. The highest BCUT2D eigenvalue weighted by molar-refractivity contribution is 7.13. The van der Waals surface area contributed by atoms with E-state index in [0.717, 1.165) is 27.8 Å². The van der Waals surface area contributed by atoms with Crippen LogP contribution in [-0.2, 0) is 6.18 Å². The molecule has 22 heavy (non-hydrogen) atoms. The summed E-state index contributed by atoms with van der Waals surface area (Å²) in [5, 5.41) is 4.90. The van der Waals surface area contributed by atoms with E-state index in [1.165, 1.54) is 11.3 Å². The van der Waals surface area contributed by atoms with Gasteiger partial charge in [0.15, 0.2) is 16.5 Å². The molecule has 3 aromatic rings. The van der Waals surface area contributed by atoms with Crippen LogP contribution in [0.25, 0.3) is 22.1 Å². The second-order valence-corrected chi connectivity index (χ2v) is 6.11. The van der Waals surface area contributed by atoms with Crippen molar-refractivity contribution >= 4 is 28.5 Å². The molecule has 0 saturated carbocycles. The van der Waals surface area contributed by atoms with Crippen molar-refractivity contribution in [2.24, 2.45) is 0 Å². The van der Waals surface area contributed by atoms with E-state index in [9.17, 15) is 13.2 Å². The summed E-state index contributed by atoms with van der Waals surface area (Å²) < 4.78 is 37.9. The number of aromatic nitrogens is 3. The van der Waals surface area contributed by atoms with Crippen molar-refractivity contribution in [1.82, 2.24) is 15.0 Å². The molecular formula is C13H9F3N4S2. The zero-order valence-electron chi connectivity index (χ0n) is 11.2. The zero-order valence-corrected chi connectivity index (χ0v) is 12.8. The fourth-order valence-electron chi connectivity index (χ4n) is 1.83. The molecule has 0 bridgehead atoms. The van der Waals surface area contributed by atoms with Crippen molar-refractivity contribution in [3.05, 3.63) is 33.5 Å². The third-order valence-electron chi connectivity index (χ3n) is 2.86. The minimum absolute atomic E-state index is 0.0914. The molecule has 2 N–H and O–H groups in total. The van der Waals surface area contributed by atoms with Crippen molar-refractivity contribution in [1.29, 1.82) is 0 Å². The van der Waals surface area contributed by atoms with Crippen molar-refractivity contribution in [2.75, 3.05) is 5.73 Å². The number of hydrogen-bond donors (Lipinski definition) is 1. The van der Waals surface area contributed by atoms with Gasteiger partial charge in [-0.15, -0.1) is 11.3 Å². The molecule has 0 saturated heterocycles. The number of thiazole rings is 1. The Morgan fingerprint density at radius 1 is 1.09 bits per heavy atom. The summed E-state index contributed by atoms with van der Waals surface area (Å²) in [7, 11) is 0. The van der Waals surface area contributed by atoms with Gasteiger partial charge in [0.1, 0.15) is 5.82 Å². The lowest BCUT2D eigenvalue weighted by atomic mass is 10.1. The number of alkyl halides is 3. The van der Waals surface area contributed by atoms with Crippen LogP contribution in [0.2, 0.25) is 0 Å². The molecule has 4 nitrogen and oxygen atoms in total. The van der Waals surface area contributed by atoms with Gasteiger partial charge in [-0.25, -0.2) is 15.0 Å². The van der Waals surface area contributed by atoms with Crippen LogP contribution in [-0.4, -0.2) is 15.0 Å². The van der Waals surface area contributed by atoms with Crippen LogP contribution in [0.1, 0.15) is 11.3 Å². The highest BCUT2D eigenvalue weighted by Crippen LogP contribution is 2.34. The van der Waals surface area contributed by atoms with E-state index in [2.05, 4.69) is 15.0 Å². The lowest BCUT2D eigenvalue weighted by molar-refractivity contribution is -0.140. The monoisotopic (exact) mass is 342 g/mol. The molecule has 0 radical (unpaired) electrons. The van der Waals surface area contributed by atoms with Crippen LogP contribution >= 0.6 is 22.7 Å². The van der Waals surface area contributed by atoms with Gasteiger partial charge >= 0.3 is 6.18 Å². The summed E-state index contributed by atoms with van der Waals surface area (Å²) in [6.45, 7) is 1.93. The van der Waals surface area contributed by atoms with Gasteiger partial charge in [0.25, 0.3) is 0 Å². The average molecular weight is 342 g/mol. The first-order valence-corrected chi connectivity index (χ1v) is 7.87. The first kappa shape index (κ1) is 14.9. The molecule has 9 heteroatoms. The number of anilines is 1. The molecule has 0 amide bonds. The fraction of sp³-hybridized carbons (Fsp3) is 0.154. The molecule has 0 aliphatic carbocycles. The lowest BCUT2D eigenvalue weighted by Gasteiger charge is -2.04. The van der Waals surface area contributed by atoms with Crippen molar-refractivity contribution in [3.63, 3.8) is 0 Å². The summed E-state index contributed by atoms with van der Waals surface area (Å²) >= 11 is 2.35. The zero-order chi connectivity index (χ0) is 15.9.